The minimum Gasteiger partial charge on any atom is -0.479 e. The van der Waals surface area contributed by atoms with Crippen molar-refractivity contribution in [1.29, 1.82) is 0 Å². The van der Waals surface area contributed by atoms with Gasteiger partial charge < -0.3 is 21.1 Å². The largest absolute Gasteiger partial charge is 0.479 e. The van der Waals surface area contributed by atoms with Gasteiger partial charge in [-0.2, -0.15) is 0 Å². The standard InChI is InChI=1S/C15H21N3O3.ClH/c1-4-8(2)13(16)15(20)17-10-5-6-12-11(7-10)18-14(19)9(3)21-12;/h5-9,13H,4,16H2,1-3H3,(H,17,20)(H,18,19);1H. The summed E-state index contributed by atoms with van der Waals surface area (Å²) in [6.45, 7) is 5.61. The highest BCUT2D eigenvalue weighted by Gasteiger charge is 2.24. The van der Waals surface area contributed by atoms with Crippen LogP contribution in [0.15, 0.2) is 18.2 Å². The highest BCUT2D eigenvalue weighted by Crippen LogP contribution is 2.32. The van der Waals surface area contributed by atoms with Crippen LogP contribution in [0.3, 0.4) is 0 Å². The number of fused-ring (bicyclic) bond motifs is 1. The van der Waals surface area contributed by atoms with Crippen molar-refractivity contribution in [3.63, 3.8) is 0 Å². The molecule has 1 aliphatic rings. The van der Waals surface area contributed by atoms with Gasteiger partial charge in [0.1, 0.15) is 5.75 Å². The summed E-state index contributed by atoms with van der Waals surface area (Å²) in [6.07, 6.45) is 0.317. The number of anilines is 2. The van der Waals surface area contributed by atoms with Gasteiger partial charge in [0.25, 0.3) is 5.91 Å². The first kappa shape index (κ1) is 18.3. The summed E-state index contributed by atoms with van der Waals surface area (Å²) in [5.41, 5.74) is 7.02. The molecule has 2 amide bonds. The molecule has 1 aliphatic heterocycles. The second-order valence-electron chi connectivity index (χ2n) is 5.36. The Morgan fingerprint density at radius 2 is 2.18 bits per heavy atom. The number of nitrogens with two attached hydrogens (primary N) is 1. The third kappa shape index (κ3) is 3.90. The second-order valence-corrected chi connectivity index (χ2v) is 5.36. The predicted molar refractivity (Wildman–Crippen MR) is 88.5 cm³/mol. The van der Waals surface area contributed by atoms with Crippen LogP contribution in [0.4, 0.5) is 11.4 Å². The molecule has 3 atom stereocenters. The number of nitrogens with one attached hydrogen (secondary N) is 2. The van der Waals surface area contributed by atoms with Crippen LogP contribution in [0.1, 0.15) is 27.2 Å². The number of halogens is 1. The molecular weight excluding hydrogens is 306 g/mol. The summed E-state index contributed by atoms with van der Waals surface area (Å²) in [4.78, 5) is 23.6. The molecule has 0 fully saturated rings. The molecule has 3 unspecified atom stereocenters. The Kier molecular flexibility index (Phi) is 6.20. The summed E-state index contributed by atoms with van der Waals surface area (Å²) in [6, 6.07) is 4.55. The quantitative estimate of drug-likeness (QED) is 0.789. The third-order valence-electron chi connectivity index (χ3n) is 3.74. The van der Waals surface area contributed by atoms with Crippen molar-refractivity contribution >= 4 is 35.6 Å². The summed E-state index contributed by atoms with van der Waals surface area (Å²) in [5, 5.41) is 5.50. The van der Waals surface area contributed by atoms with Gasteiger partial charge in [-0.15, -0.1) is 12.4 Å². The number of carbonyl (C=O) groups excluding carboxylic acids is 2. The van der Waals surface area contributed by atoms with E-state index in [0.29, 0.717) is 17.1 Å². The molecule has 1 aromatic carbocycles. The average molecular weight is 328 g/mol. The lowest BCUT2D eigenvalue weighted by atomic mass is 9.99. The highest BCUT2D eigenvalue weighted by atomic mass is 35.5. The lowest BCUT2D eigenvalue weighted by molar-refractivity contribution is -0.122. The lowest BCUT2D eigenvalue weighted by Crippen LogP contribution is -2.40. The van der Waals surface area contributed by atoms with Crippen molar-refractivity contribution in [2.75, 3.05) is 10.6 Å². The lowest BCUT2D eigenvalue weighted by Gasteiger charge is -2.24. The molecule has 2 rings (SSSR count). The van der Waals surface area contributed by atoms with Gasteiger partial charge in [0, 0.05) is 5.69 Å². The molecule has 6 nitrogen and oxygen atoms in total. The maximum absolute atomic E-state index is 12.0. The number of hydrogen-bond donors (Lipinski definition) is 3. The van der Waals surface area contributed by atoms with Gasteiger partial charge in [0.05, 0.1) is 11.7 Å². The van der Waals surface area contributed by atoms with E-state index in [-0.39, 0.29) is 30.1 Å². The van der Waals surface area contributed by atoms with E-state index in [4.69, 9.17) is 10.5 Å². The molecular formula is C15H22ClN3O3. The van der Waals surface area contributed by atoms with Gasteiger partial charge in [-0.3, -0.25) is 9.59 Å². The summed E-state index contributed by atoms with van der Waals surface area (Å²) >= 11 is 0. The Morgan fingerprint density at radius 3 is 2.82 bits per heavy atom. The SMILES string of the molecule is CCC(C)C(N)C(=O)Nc1ccc2c(c1)NC(=O)C(C)O2.Cl. The number of ether oxygens (including phenoxy) is 1. The molecule has 22 heavy (non-hydrogen) atoms. The molecule has 7 heteroatoms. The molecule has 0 spiro atoms. The van der Waals surface area contributed by atoms with Crippen molar-refractivity contribution in [3.8, 4) is 5.75 Å². The molecule has 0 saturated carbocycles. The van der Waals surface area contributed by atoms with Crippen LogP contribution in [-0.4, -0.2) is 24.0 Å². The fourth-order valence-electron chi connectivity index (χ4n) is 2.02. The van der Waals surface area contributed by atoms with E-state index in [0.717, 1.165) is 6.42 Å². The normalized spacial score (nSPS) is 18.9. The molecule has 0 saturated heterocycles. The first-order valence-corrected chi connectivity index (χ1v) is 7.10. The third-order valence-corrected chi connectivity index (χ3v) is 3.74. The zero-order chi connectivity index (χ0) is 15.6. The van der Waals surface area contributed by atoms with Crippen LogP contribution < -0.4 is 21.1 Å². The molecule has 4 N–H and O–H groups in total. The van der Waals surface area contributed by atoms with Gasteiger partial charge >= 0.3 is 0 Å². The second kappa shape index (κ2) is 7.47. The van der Waals surface area contributed by atoms with Crippen LogP contribution in [0.25, 0.3) is 0 Å². The van der Waals surface area contributed by atoms with Gasteiger partial charge in [-0.05, 0) is 31.0 Å². The fourth-order valence-corrected chi connectivity index (χ4v) is 2.02. The Morgan fingerprint density at radius 1 is 1.50 bits per heavy atom. The first-order valence-electron chi connectivity index (χ1n) is 7.10. The number of benzene rings is 1. The number of amides is 2. The number of hydrogen-bond acceptors (Lipinski definition) is 4. The molecule has 0 bridgehead atoms. The van der Waals surface area contributed by atoms with E-state index < -0.39 is 12.1 Å². The van der Waals surface area contributed by atoms with E-state index in [9.17, 15) is 9.59 Å². The maximum Gasteiger partial charge on any atom is 0.265 e. The minimum absolute atomic E-state index is 0. The molecule has 1 aromatic rings. The van der Waals surface area contributed by atoms with E-state index in [1.807, 2.05) is 13.8 Å². The van der Waals surface area contributed by atoms with E-state index >= 15 is 0 Å². The van der Waals surface area contributed by atoms with E-state index in [2.05, 4.69) is 10.6 Å². The zero-order valence-electron chi connectivity index (χ0n) is 12.9. The molecule has 122 valence electrons. The predicted octanol–water partition coefficient (Wildman–Crippen LogP) is 2.14. The monoisotopic (exact) mass is 327 g/mol. The molecule has 0 radical (unpaired) electrons. The van der Waals surface area contributed by atoms with Gasteiger partial charge in [0.15, 0.2) is 6.10 Å². The van der Waals surface area contributed by atoms with Crippen LogP contribution in [0, 0.1) is 5.92 Å². The van der Waals surface area contributed by atoms with Crippen molar-refractivity contribution in [3.05, 3.63) is 18.2 Å². The first-order chi connectivity index (χ1) is 9.92. The Balaban J connectivity index is 0.00000242. The summed E-state index contributed by atoms with van der Waals surface area (Å²) in [5.74, 6) is 0.251. The minimum atomic E-state index is -0.558. The van der Waals surface area contributed by atoms with Gasteiger partial charge in [0.2, 0.25) is 5.91 Å². The summed E-state index contributed by atoms with van der Waals surface area (Å²) in [7, 11) is 0. The fraction of sp³-hybridized carbons (Fsp3) is 0.467. The van der Waals surface area contributed by atoms with E-state index in [1.54, 1.807) is 25.1 Å². The van der Waals surface area contributed by atoms with Crippen LogP contribution in [-0.2, 0) is 9.59 Å². The average Bonchev–Trinajstić information content (AvgIpc) is 2.47. The highest BCUT2D eigenvalue weighted by molar-refractivity contribution is 6.00. The van der Waals surface area contributed by atoms with Crippen LogP contribution in [0.2, 0.25) is 0 Å². The van der Waals surface area contributed by atoms with Crippen LogP contribution in [0.5, 0.6) is 5.75 Å². The number of rotatable bonds is 4. The molecule has 1 heterocycles. The van der Waals surface area contributed by atoms with E-state index in [1.165, 1.54) is 0 Å². The molecule has 0 aliphatic carbocycles. The molecule has 0 aromatic heterocycles. The number of carbonyl (C=O) groups is 2. The zero-order valence-corrected chi connectivity index (χ0v) is 13.7. The maximum atomic E-state index is 12.0. The summed E-state index contributed by atoms with van der Waals surface area (Å²) < 4.78 is 5.46. The Bertz CT molecular complexity index is 565. The Hall–Kier alpha value is -1.79. The topological polar surface area (TPSA) is 93.5 Å². The Labute approximate surface area is 136 Å². The van der Waals surface area contributed by atoms with Crippen molar-refractivity contribution < 1.29 is 14.3 Å². The van der Waals surface area contributed by atoms with Crippen molar-refractivity contribution in [1.82, 2.24) is 0 Å². The smallest absolute Gasteiger partial charge is 0.265 e. The van der Waals surface area contributed by atoms with Crippen molar-refractivity contribution in [2.45, 2.75) is 39.3 Å². The van der Waals surface area contributed by atoms with Gasteiger partial charge in [-0.1, -0.05) is 20.3 Å². The van der Waals surface area contributed by atoms with Gasteiger partial charge in [-0.25, -0.2) is 0 Å². The van der Waals surface area contributed by atoms with Crippen LogP contribution >= 0.6 is 12.4 Å². The van der Waals surface area contributed by atoms with Crippen molar-refractivity contribution in [2.24, 2.45) is 11.7 Å².